The minimum Gasteiger partial charge on any atom is -0.278 e. The SMILES string of the molecule is O=C1N=CC=NC1CC1CCCCC1. The minimum absolute atomic E-state index is 0.0573. The molecule has 0 aromatic carbocycles. The van der Waals surface area contributed by atoms with Crippen molar-refractivity contribution in [3.05, 3.63) is 0 Å². The van der Waals surface area contributed by atoms with Crippen LogP contribution in [0.1, 0.15) is 38.5 Å². The molecular formula is C11H16N2O. The third kappa shape index (κ3) is 2.28. The van der Waals surface area contributed by atoms with E-state index in [9.17, 15) is 4.79 Å². The largest absolute Gasteiger partial charge is 0.278 e. The highest BCUT2D eigenvalue weighted by atomic mass is 16.1. The van der Waals surface area contributed by atoms with Gasteiger partial charge >= 0.3 is 0 Å². The van der Waals surface area contributed by atoms with Gasteiger partial charge in [-0.2, -0.15) is 0 Å². The van der Waals surface area contributed by atoms with E-state index in [0.29, 0.717) is 5.92 Å². The molecule has 1 heterocycles. The Morgan fingerprint density at radius 3 is 2.71 bits per heavy atom. The summed E-state index contributed by atoms with van der Waals surface area (Å²) in [6.45, 7) is 0. The maximum Gasteiger partial charge on any atom is 0.270 e. The van der Waals surface area contributed by atoms with Crippen molar-refractivity contribution in [3.8, 4) is 0 Å². The van der Waals surface area contributed by atoms with Gasteiger partial charge in [-0.3, -0.25) is 9.79 Å². The van der Waals surface area contributed by atoms with Crippen LogP contribution >= 0.6 is 0 Å². The predicted molar refractivity (Wildman–Crippen MR) is 57.0 cm³/mol. The lowest BCUT2D eigenvalue weighted by atomic mass is 9.84. The first-order chi connectivity index (χ1) is 6.86. The van der Waals surface area contributed by atoms with E-state index in [1.807, 2.05) is 0 Å². The van der Waals surface area contributed by atoms with E-state index in [1.54, 1.807) is 6.21 Å². The van der Waals surface area contributed by atoms with Crippen molar-refractivity contribution in [2.45, 2.75) is 44.6 Å². The van der Waals surface area contributed by atoms with Crippen LogP contribution in [0.4, 0.5) is 0 Å². The third-order valence-corrected chi connectivity index (χ3v) is 3.10. The smallest absolute Gasteiger partial charge is 0.270 e. The zero-order valence-electron chi connectivity index (χ0n) is 8.35. The fraction of sp³-hybridized carbons (Fsp3) is 0.727. The highest BCUT2D eigenvalue weighted by Gasteiger charge is 2.23. The van der Waals surface area contributed by atoms with E-state index < -0.39 is 0 Å². The summed E-state index contributed by atoms with van der Waals surface area (Å²) in [5.41, 5.74) is 0. The zero-order chi connectivity index (χ0) is 9.80. The van der Waals surface area contributed by atoms with Crippen LogP contribution in [0.25, 0.3) is 0 Å². The van der Waals surface area contributed by atoms with E-state index in [2.05, 4.69) is 9.98 Å². The molecule has 1 unspecified atom stereocenters. The van der Waals surface area contributed by atoms with Gasteiger partial charge in [0, 0.05) is 12.4 Å². The van der Waals surface area contributed by atoms with Gasteiger partial charge in [-0.15, -0.1) is 0 Å². The average molecular weight is 192 g/mol. The molecule has 1 aliphatic carbocycles. The van der Waals surface area contributed by atoms with Crippen LogP contribution in [0.3, 0.4) is 0 Å². The maximum atomic E-state index is 11.4. The molecule has 2 aliphatic rings. The number of carbonyl (C=O) groups excluding carboxylic acids is 1. The van der Waals surface area contributed by atoms with Crippen molar-refractivity contribution in [3.63, 3.8) is 0 Å². The Kier molecular flexibility index (Phi) is 3.07. The van der Waals surface area contributed by atoms with Gasteiger partial charge in [0.25, 0.3) is 5.91 Å². The first-order valence-corrected chi connectivity index (χ1v) is 5.46. The second kappa shape index (κ2) is 4.49. The molecule has 0 saturated heterocycles. The molecule has 0 radical (unpaired) electrons. The average Bonchev–Trinajstić information content (AvgIpc) is 2.23. The summed E-state index contributed by atoms with van der Waals surface area (Å²) in [4.78, 5) is 19.3. The van der Waals surface area contributed by atoms with E-state index >= 15 is 0 Å². The van der Waals surface area contributed by atoms with Crippen molar-refractivity contribution in [1.82, 2.24) is 0 Å². The number of aliphatic imine (C=N–C) groups is 2. The van der Waals surface area contributed by atoms with E-state index in [4.69, 9.17) is 0 Å². The normalized spacial score (nSPS) is 28.3. The van der Waals surface area contributed by atoms with Crippen LogP contribution in [0, 0.1) is 5.92 Å². The van der Waals surface area contributed by atoms with E-state index in [0.717, 1.165) is 6.42 Å². The standard InChI is InChI=1S/C11H16N2O/c14-11-10(12-6-7-13-11)8-9-4-2-1-3-5-9/h6-7,9-10H,1-5,8H2. The minimum atomic E-state index is -0.178. The maximum absolute atomic E-state index is 11.4. The number of amides is 1. The summed E-state index contributed by atoms with van der Waals surface area (Å²) in [5.74, 6) is 0.640. The predicted octanol–water partition coefficient (Wildman–Crippen LogP) is 2.01. The molecule has 76 valence electrons. The summed E-state index contributed by atoms with van der Waals surface area (Å²) < 4.78 is 0. The van der Waals surface area contributed by atoms with E-state index in [-0.39, 0.29) is 11.9 Å². The van der Waals surface area contributed by atoms with Gasteiger partial charge in [-0.05, 0) is 12.3 Å². The summed E-state index contributed by atoms with van der Waals surface area (Å²) >= 11 is 0. The second-order valence-corrected chi connectivity index (χ2v) is 4.17. The Bertz CT molecular complexity index is 264. The van der Waals surface area contributed by atoms with E-state index in [1.165, 1.54) is 38.3 Å². The lowest BCUT2D eigenvalue weighted by Crippen LogP contribution is -2.24. The van der Waals surface area contributed by atoms with Gasteiger partial charge in [0.05, 0.1) is 0 Å². The van der Waals surface area contributed by atoms with Crippen LogP contribution in [-0.4, -0.2) is 24.4 Å². The number of nitrogens with zero attached hydrogens (tertiary/aromatic N) is 2. The summed E-state index contributed by atoms with van der Waals surface area (Å²) in [7, 11) is 0. The molecule has 14 heavy (non-hydrogen) atoms. The van der Waals surface area contributed by atoms with Crippen LogP contribution in [0.5, 0.6) is 0 Å². The number of carbonyl (C=O) groups is 1. The fourth-order valence-corrected chi connectivity index (χ4v) is 2.30. The van der Waals surface area contributed by atoms with Gasteiger partial charge in [-0.25, -0.2) is 4.99 Å². The fourth-order valence-electron chi connectivity index (χ4n) is 2.30. The van der Waals surface area contributed by atoms with Crippen molar-refractivity contribution < 1.29 is 4.79 Å². The van der Waals surface area contributed by atoms with Gasteiger partial charge in [-0.1, -0.05) is 32.1 Å². The Morgan fingerprint density at radius 1 is 1.21 bits per heavy atom. The lowest BCUT2D eigenvalue weighted by molar-refractivity contribution is -0.119. The zero-order valence-corrected chi connectivity index (χ0v) is 8.35. The molecule has 0 bridgehead atoms. The lowest BCUT2D eigenvalue weighted by Gasteiger charge is -2.23. The Balaban J connectivity index is 1.87. The molecule has 0 aromatic heterocycles. The molecule has 0 spiro atoms. The number of hydrogen-bond donors (Lipinski definition) is 0. The molecule has 3 nitrogen and oxygen atoms in total. The Labute approximate surface area is 84.3 Å². The Morgan fingerprint density at radius 2 is 2.00 bits per heavy atom. The molecule has 0 N–H and O–H groups in total. The first-order valence-electron chi connectivity index (χ1n) is 5.46. The van der Waals surface area contributed by atoms with Gasteiger partial charge in [0.15, 0.2) is 0 Å². The highest BCUT2D eigenvalue weighted by molar-refractivity contribution is 6.21. The molecule has 1 atom stereocenters. The van der Waals surface area contributed by atoms with Gasteiger partial charge in [0.1, 0.15) is 6.04 Å². The summed E-state index contributed by atoms with van der Waals surface area (Å²) in [5, 5.41) is 0. The molecule has 1 aliphatic heterocycles. The van der Waals surface area contributed by atoms with Gasteiger partial charge in [0.2, 0.25) is 0 Å². The topological polar surface area (TPSA) is 41.8 Å². The molecule has 1 amide bonds. The second-order valence-electron chi connectivity index (χ2n) is 4.17. The molecule has 0 aromatic rings. The third-order valence-electron chi connectivity index (χ3n) is 3.10. The van der Waals surface area contributed by atoms with Crippen LogP contribution in [0.2, 0.25) is 0 Å². The number of hydrogen-bond acceptors (Lipinski definition) is 2. The van der Waals surface area contributed by atoms with Crippen molar-refractivity contribution in [1.29, 1.82) is 0 Å². The molecular weight excluding hydrogens is 176 g/mol. The monoisotopic (exact) mass is 192 g/mol. The van der Waals surface area contributed by atoms with Crippen molar-refractivity contribution in [2.24, 2.45) is 15.9 Å². The van der Waals surface area contributed by atoms with Crippen LogP contribution in [0.15, 0.2) is 9.98 Å². The molecule has 2 rings (SSSR count). The quantitative estimate of drug-likeness (QED) is 0.659. The molecule has 1 saturated carbocycles. The van der Waals surface area contributed by atoms with Crippen LogP contribution < -0.4 is 0 Å². The highest BCUT2D eigenvalue weighted by Crippen LogP contribution is 2.28. The van der Waals surface area contributed by atoms with Gasteiger partial charge < -0.3 is 0 Å². The summed E-state index contributed by atoms with van der Waals surface area (Å²) in [6.07, 6.45) is 10.6. The van der Waals surface area contributed by atoms with Crippen LogP contribution in [-0.2, 0) is 4.79 Å². The molecule has 3 heteroatoms. The molecule has 1 fully saturated rings. The van der Waals surface area contributed by atoms with Crippen molar-refractivity contribution >= 4 is 18.3 Å². The first kappa shape index (κ1) is 9.56. The number of rotatable bonds is 2. The Hall–Kier alpha value is -0.990. The summed E-state index contributed by atoms with van der Waals surface area (Å²) in [6, 6.07) is -0.178. The van der Waals surface area contributed by atoms with Crippen molar-refractivity contribution in [2.75, 3.05) is 0 Å².